The SMILES string of the molecule is CC(C)Cc1ccc(-c2noc(-c3ccc(CN4CC(C(=O)O)C4)cc3)n2)cc1C(F)(F)F. The second-order valence-corrected chi connectivity index (χ2v) is 8.82. The van der Waals surface area contributed by atoms with E-state index in [1.165, 1.54) is 6.07 Å². The van der Waals surface area contributed by atoms with Gasteiger partial charge >= 0.3 is 12.1 Å². The normalized spacial score (nSPS) is 15.1. The van der Waals surface area contributed by atoms with Crippen molar-refractivity contribution < 1.29 is 27.6 Å². The minimum atomic E-state index is -4.47. The van der Waals surface area contributed by atoms with Gasteiger partial charge < -0.3 is 9.63 Å². The molecule has 0 atom stereocenters. The van der Waals surface area contributed by atoms with Crippen molar-refractivity contribution in [3.63, 3.8) is 0 Å². The number of carboxylic acid groups (broad SMARTS) is 1. The summed E-state index contributed by atoms with van der Waals surface area (Å²) in [5, 5.41) is 12.8. The summed E-state index contributed by atoms with van der Waals surface area (Å²) in [4.78, 5) is 17.2. The Balaban J connectivity index is 1.49. The van der Waals surface area contributed by atoms with Gasteiger partial charge in [-0.1, -0.05) is 43.3 Å². The Bertz CT molecular complexity index is 1130. The van der Waals surface area contributed by atoms with Gasteiger partial charge in [0.05, 0.1) is 11.5 Å². The summed E-state index contributed by atoms with van der Waals surface area (Å²) < 4.78 is 46.1. The summed E-state index contributed by atoms with van der Waals surface area (Å²) in [6.07, 6.45) is -4.14. The van der Waals surface area contributed by atoms with Crippen molar-refractivity contribution in [2.75, 3.05) is 13.1 Å². The molecule has 2 heterocycles. The molecule has 0 spiro atoms. The van der Waals surface area contributed by atoms with Crippen LogP contribution in [-0.2, 0) is 23.9 Å². The summed E-state index contributed by atoms with van der Waals surface area (Å²) in [6.45, 7) is 5.45. The van der Waals surface area contributed by atoms with Crippen molar-refractivity contribution in [2.45, 2.75) is 33.0 Å². The maximum absolute atomic E-state index is 13.6. The predicted octanol–water partition coefficient (Wildman–Crippen LogP) is 5.14. The fourth-order valence-corrected chi connectivity index (χ4v) is 3.92. The molecule has 0 amide bonds. The standard InChI is InChI=1S/C24H24F3N3O3/c1-14(2)9-17-7-8-18(10-20(17)24(25,26)27)21-28-22(33-29-21)16-5-3-15(4-6-16)11-30-12-19(13-30)23(31)32/h3-8,10,14,19H,9,11-13H2,1-2H3,(H,31,32). The number of halogens is 3. The Morgan fingerprint density at radius 3 is 2.42 bits per heavy atom. The third-order valence-corrected chi connectivity index (χ3v) is 5.64. The number of aliphatic carboxylic acids is 1. The van der Waals surface area contributed by atoms with Crippen LogP contribution in [0.2, 0.25) is 0 Å². The maximum Gasteiger partial charge on any atom is 0.416 e. The molecule has 174 valence electrons. The number of aromatic nitrogens is 2. The van der Waals surface area contributed by atoms with Gasteiger partial charge in [0.25, 0.3) is 5.89 Å². The molecule has 33 heavy (non-hydrogen) atoms. The highest BCUT2D eigenvalue weighted by Crippen LogP contribution is 2.36. The van der Waals surface area contributed by atoms with Crippen LogP contribution in [-0.4, -0.2) is 39.2 Å². The van der Waals surface area contributed by atoms with Gasteiger partial charge in [-0.25, -0.2) is 0 Å². The van der Waals surface area contributed by atoms with Gasteiger partial charge in [0, 0.05) is 30.8 Å². The largest absolute Gasteiger partial charge is 0.481 e. The number of likely N-dealkylation sites (tertiary alicyclic amines) is 1. The van der Waals surface area contributed by atoms with Gasteiger partial charge in [-0.2, -0.15) is 18.2 Å². The van der Waals surface area contributed by atoms with E-state index in [0.29, 0.717) is 31.6 Å². The van der Waals surface area contributed by atoms with Gasteiger partial charge in [-0.15, -0.1) is 0 Å². The van der Waals surface area contributed by atoms with Crippen LogP contribution in [0.3, 0.4) is 0 Å². The summed E-state index contributed by atoms with van der Waals surface area (Å²) >= 11 is 0. The molecule has 0 radical (unpaired) electrons. The molecule has 1 fully saturated rings. The summed E-state index contributed by atoms with van der Waals surface area (Å²) in [6, 6.07) is 11.5. The first-order chi connectivity index (χ1) is 15.6. The van der Waals surface area contributed by atoms with Crippen molar-refractivity contribution in [3.05, 3.63) is 59.2 Å². The second-order valence-electron chi connectivity index (χ2n) is 8.82. The lowest BCUT2D eigenvalue weighted by molar-refractivity contribution is -0.147. The molecule has 0 saturated carbocycles. The number of carboxylic acids is 1. The molecule has 9 heteroatoms. The molecule has 2 aromatic carbocycles. The first-order valence-corrected chi connectivity index (χ1v) is 10.7. The Hall–Kier alpha value is -3.20. The van der Waals surface area contributed by atoms with E-state index in [-0.39, 0.29) is 34.7 Å². The Labute approximate surface area is 189 Å². The van der Waals surface area contributed by atoms with Crippen molar-refractivity contribution in [2.24, 2.45) is 11.8 Å². The van der Waals surface area contributed by atoms with Crippen LogP contribution in [0.25, 0.3) is 22.8 Å². The van der Waals surface area contributed by atoms with E-state index in [4.69, 9.17) is 9.63 Å². The highest BCUT2D eigenvalue weighted by atomic mass is 19.4. The average Bonchev–Trinajstić information content (AvgIpc) is 3.20. The molecule has 1 aliphatic heterocycles. The second kappa shape index (κ2) is 8.97. The third-order valence-electron chi connectivity index (χ3n) is 5.64. The van der Waals surface area contributed by atoms with Crippen molar-refractivity contribution >= 4 is 5.97 Å². The zero-order valence-electron chi connectivity index (χ0n) is 18.3. The van der Waals surface area contributed by atoms with Gasteiger partial charge in [0.15, 0.2) is 0 Å². The average molecular weight is 459 g/mol. The van der Waals surface area contributed by atoms with E-state index in [9.17, 15) is 18.0 Å². The Morgan fingerprint density at radius 1 is 1.15 bits per heavy atom. The number of nitrogens with zero attached hydrogens (tertiary/aromatic N) is 3. The van der Waals surface area contributed by atoms with Crippen molar-refractivity contribution in [3.8, 4) is 22.8 Å². The van der Waals surface area contributed by atoms with Crippen LogP contribution in [0.5, 0.6) is 0 Å². The highest BCUT2D eigenvalue weighted by molar-refractivity contribution is 5.71. The molecule has 0 aliphatic carbocycles. The molecule has 6 nitrogen and oxygen atoms in total. The maximum atomic E-state index is 13.6. The molecule has 4 rings (SSSR count). The summed E-state index contributed by atoms with van der Waals surface area (Å²) in [7, 11) is 0. The van der Waals surface area contributed by atoms with Gasteiger partial charge in [0.1, 0.15) is 0 Å². The number of rotatable bonds is 7. The van der Waals surface area contributed by atoms with Crippen LogP contribution in [0.1, 0.15) is 30.5 Å². The van der Waals surface area contributed by atoms with Crippen molar-refractivity contribution in [1.29, 1.82) is 0 Å². The van der Waals surface area contributed by atoms with Crippen LogP contribution in [0.4, 0.5) is 13.2 Å². The minimum absolute atomic E-state index is 0.0935. The lowest BCUT2D eigenvalue weighted by atomic mass is 9.95. The number of alkyl halides is 3. The minimum Gasteiger partial charge on any atom is -0.481 e. The van der Waals surface area contributed by atoms with E-state index in [0.717, 1.165) is 11.6 Å². The zero-order chi connectivity index (χ0) is 23.8. The highest BCUT2D eigenvalue weighted by Gasteiger charge is 2.34. The molecular formula is C24H24F3N3O3. The molecule has 0 unspecified atom stereocenters. The molecule has 1 aromatic heterocycles. The topological polar surface area (TPSA) is 79.5 Å². The summed E-state index contributed by atoms with van der Waals surface area (Å²) in [5.41, 5.74) is 1.47. The molecule has 1 N–H and O–H groups in total. The van der Waals surface area contributed by atoms with Crippen LogP contribution in [0, 0.1) is 11.8 Å². The van der Waals surface area contributed by atoms with E-state index >= 15 is 0 Å². The Morgan fingerprint density at radius 2 is 1.82 bits per heavy atom. The van der Waals surface area contributed by atoms with Gasteiger partial charge in [0.2, 0.25) is 5.82 Å². The molecule has 3 aromatic rings. The van der Waals surface area contributed by atoms with E-state index < -0.39 is 17.7 Å². The zero-order valence-corrected chi connectivity index (χ0v) is 18.3. The van der Waals surface area contributed by atoms with Gasteiger partial charge in [-0.3, -0.25) is 9.69 Å². The lowest BCUT2D eigenvalue weighted by Crippen LogP contribution is -2.49. The predicted molar refractivity (Wildman–Crippen MR) is 115 cm³/mol. The lowest BCUT2D eigenvalue weighted by Gasteiger charge is -2.36. The monoisotopic (exact) mass is 459 g/mol. The fraction of sp³-hybridized carbons (Fsp3) is 0.375. The molecular weight excluding hydrogens is 435 g/mol. The van der Waals surface area contributed by atoms with Crippen LogP contribution >= 0.6 is 0 Å². The third kappa shape index (κ3) is 5.24. The van der Waals surface area contributed by atoms with E-state index in [2.05, 4.69) is 10.1 Å². The van der Waals surface area contributed by atoms with E-state index in [1.807, 2.05) is 30.9 Å². The first kappa shape index (κ1) is 23.0. The molecule has 1 aliphatic rings. The fourth-order valence-electron chi connectivity index (χ4n) is 3.92. The van der Waals surface area contributed by atoms with E-state index in [1.54, 1.807) is 18.2 Å². The Kier molecular flexibility index (Phi) is 6.25. The first-order valence-electron chi connectivity index (χ1n) is 10.7. The number of benzene rings is 2. The van der Waals surface area contributed by atoms with Gasteiger partial charge in [-0.05, 0) is 41.7 Å². The smallest absolute Gasteiger partial charge is 0.416 e. The number of hydrogen-bond donors (Lipinski definition) is 1. The molecule has 0 bridgehead atoms. The summed E-state index contributed by atoms with van der Waals surface area (Å²) in [5.74, 6) is -0.678. The van der Waals surface area contributed by atoms with Crippen LogP contribution < -0.4 is 0 Å². The molecule has 1 saturated heterocycles. The number of carbonyl (C=O) groups is 1. The van der Waals surface area contributed by atoms with Crippen LogP contribution in [0.15, 0.2) is 47.0 Å². The number of hydrogen-bond acceptors (Lipinski definition) is 5. The quantitative estimate of drug-likeness (QED) is 0.527. The van der Waals surface area contributed by atoms with Crippen molar-refractivity contribution in [1.82, 2.24) is 15.0 Å².